The molecule has 4 rings (SSSR count). The number of aryl methyl sites for hydroxylation is 2. The number of pyridine rings is 1. The van der Waals surface area contributed by atoms with Gasteiger partial charge in [0.2, 0.25) is 9.84 Å². The van der Waals surface area contributed by atoms with Crippen molar-refractivity contribution in [1.29, 1.82) is 0 Å². The van der Waals surface area contributed by atoms with Crippen LogP contribution in [0.1, 0.15) is 27.0 Å². The first-order chi connectivity index (χ1) is 16.2. The maximum Gasteiger partial charge on any atom is 0.208 e. The summed E-state index contributed by atoms with van der Waals surface area (Å²) in [6, 6.07) is 12.7. The molecule has 0 amide bonds. The number of benzene rings is 3. The van der Waals surface area contributed by atoms with Crippen LogP contribution in [0, 0.1) is 19.7 Å². The Bertz CT molecular complexity index is 1530. The summed E-state index contributed by atoms with van der Waals surface area (Å²) in [6.45, 7) is 3.79. The minimum atomic E-state index is -4.25. The molecule has 0 N–H and O–H groups in total. The van der Waals surface area contributed by atoms with Gasteiger partial charge >= 0.3 is 0 Å². The average Bonchev–Trinajstić information content (AvgIpc) is 2.83. The first-order valence-electron chi connectivity index (χ1n) is 10.3. The molecule has 0 spiro atoms. The number of ketones is 1. The van der Waals surface area contributed by atoms with E-state index < -0.39 is 21.4 Å². The van der Waals surface area contributed by atoms with E-state index in [2.05, 4.69) is 4.98 Å². The molecule has 0 aliphatic heterocycles. The number of rotatable bonds is 6. The molecule has 34 heavy (non-hydrogen) atoms. The van der Waals surface area contributed by atoms with Gasteiger partial charge in [0, 0.05) is 23.2 Å². The van der Waals surface area contributed by atoms with Gasteiger partial charge in [0.15, 0.2) is 17.3 Å². The van der Waals surface area contributed by atoms with Gasteiger partial charge in [0.05, 0.1) is 35.1 Å². The minimum Gasteiger partial charge on any atom is -0.493 e. The first kappa shape index (κ1) is 23.4. The van der Waals surface area contributed by atoms with Gasteiger partial charge in [-0.05, 0) is 61.4 Å². The van der Waals surface area contributed by atoms with Crippen molar-refractivity contribution < 1.29 is 27.1 Å². The SMILES string of the molecule is COc1cc2ncc(C(=O)c3ccc(C)c(C)c3)c(S(=O)(=O)c3ccc(F)cc3)c2cc1OC. The number of methoxy groups -OCH3 is 2. The first-order valence-corrected chi connectivity index (χ1v) is 11.8. The summed E-state index contributed by atoms with van der Waals surface area (Å²) in [4.78, 5) is 17.5. The Morgan fingerprint density at radius 1 is 0.882 bits per heavy atom. The van der Waals surface area contributed by atoms with Crippen molar-refractivity contribution in [2.75, 3.05) is 14.2 Å². The van der Waals surface area contributed by atoms with Gasteiger partial charge in [-0.3, -0.25) is 9.78 Å². The molecule has 0 aliphatic carbocycles. The van der Waals surface area contributed by atoms with Crippen molar-refractivity contribution in [3.05, 3.63) is 88.9 Å². The van der Waals surface area contributed by atoms with E-state index in [1.54, 1.807) is 24.3 Å². The summed E-state index contributed by atoms with van der Waals surface area (Å²) < 4.78 is 51.8. The van der Waals surface area contributed by atoms with Crippen LogP contribution < -0.4 is 9.47 Å². The summed E-state index contributed by atoms with van der Waals surface area (Å²) in [6.07, 6.45) is 1.25. The molecule has 0 atom stereocenters. The molecule has 0 saturated heterocycles. The lowest BCUT2D eigenvalue weighted by Crippen LogP contribution is -2.13. The highest BCUT2D eigenvalue weighted by Crippen LogP contribution is 2.38. The zero-order valence-electron chi connectivity index (χ0n) is 19.0. The Hall–Kier alpha value is -3.78. The third-order valence-corrected chi connectivity index (χ3v) is 7.60. The Morgan fingerprint density at radius 3 is 2.15 bits per heavy atom. The molecule has 8 heteroatoms. The molecule has 0 aliphatic rings. The van der Waals surface area contributed by atoms with Crippen molar-refractivity contribution in [2.45, 2.75) is 23.6 Å². The van der Waals surface area contributed by atoms with E-state index in [-0.39, 0.29) is 26.5 Å². The number of hydrogen-bond acceptors (Lipinski definition) is 6. The lowest BCUT2D eigenvalue weighted by Gasteiger charge is -2.15. The standard InChI is InChI=1S/C26H22FNO5S/c1-15-5-6-17(11-16(15)2)25(29)21-14-28-22-13-24(33-4)23(32-3)12-20(22)26(21)34(30,31)19-9-7-18(27)8-10-19/h5-14H,1-4H3. The van der Waals surface area contributed by atoms with E-state index in [4.69, 9.17) is 9.47 Å². The highest BCUT2D eigenvalue weighted by Gasteiger charge is 2.29. The van der Waals surface area contributed by atoms with Gasteiger partial charge < -0.3 is 9.47 Å². The van der Waals surface area contributed by atoms with Gasteiger partial charge in [-0.25, -0.2) is 12.8 Å². The zero-order valence-corrected chi connectivity index (χ0v) is 19.9. The lowest BCUT2D eigenvalue weighted by molar-refractivity contribution is 0.103. The second-order valence-electron chi connectivity index (χ2n) is 7.81. The van der Waals surface area contributed by atoms with Gasteiger partial charge in [-0.15, -0.1) is 0 Å². The summed E-state index contributed by atoms with van der Waals surface area (Å²) in [5.41, 5.74) is 2.45. The molecule has 3 aromatic carbocycles. The molecule has 0 saturated carbocycles. The lowest BCUT2D eigenvalue weighted by atomic mass is 9.99. The minimum absolute atomic E-state index is 0.0905. The number of carbonyl (C=O) groups excluding carboxylic acids is 1. The summed E-state index contributed by atoms with van der Waals surface area (Å²) in [5, 5.41) is 0.191. The van der Waals surface area contributed by atoms with E-state index in [0.29, 0.717) is 16.8 Å². The molecule has 0 radical (unpaired) electrons. The number of halogens is 1. The van der Waals surface area contributed by atoms with Crippen LogP contribution in [0.25, 0.3) is 10.9 Å². The van der Waals surface area contributed by atoms with Gasteiger partial charge in [0.1, 0.15) is 5.82 Å². The molecular formula is C26H22FNO5S. The summed E-state index contributed by atoms with van der Waals surface area (Å²) >= 11 is 0. The predicted octanol–water partition coefficient (Wildman–Crippen LogP) is 5.07. The van der Waals surface area contributed by atoms with Gasteiger partial charge in [-0.2, -0.15) is 0 Å². The Balaban J connectivity index is 2.07. The van der Waals surface area contributed by atoms with Crippen LogP contribution in [0.15, 0.2) is 70.6 Å². The van der Waals surface area contributed by atoms with Crippen molar-refractivity contribution >= 4 is 26.5 Å². The highest BCUT2D eigenvalue weighted by atomic mass is 32.2. The van der Waals surface area contributed by atoms with Gasteiger partial charge in [-0.1, -0.05) is 12.1 Å². The van der Waals surface area contributed by atoms with E-state index in [1.807, 2.05) is 13.8 Å². The number of carbonyl (C=O) groups is 1. The van der Waals surface area contributed by atoms with E-state index in [1.165, 1.54) is 38.6 Å². The van der Waals surface area contributed by atoms with E-state index in [9.17, 15) is 17.6 Å². The maximum absolute atomic E-state index is 13.8. The molecule has 6 nitrogen and oxygen atoms in total. The molecule has 0 bridgehead atoms. The van der Waals surface area contributed by atoms with Crippen LogP contribution in [0.2, 0.25) is 0 Å². The Kier molecular flexibility index (Phi) is 6.10. The zero-order chi connectivity index (χ0) is 24.6. The number of ether oxygens (including phenoxy) is 2. The molecule has 0 unspecified atom stereocenters. The Labute approximate surface area is 196 Å². The highest BCUT2D eigenvalue weighted by molar-refractivity contribution is 7.91. The third kappa shape index (κ3) is 4.01. The number of aromatic nitrogens is 1. The van der Waals surface area contributed by atoms with Crippen LogP contribution in [0.3, 0.4) is 0 Å². The van der Waals surface area contributed by atoms with Crippen molar-refractivity contribution in [1.82, 2.24) is 4.98 Å². The summed E-state index contributed by atoms with van der Waals surface area (Å²) in [5.74, 6) is -0.423. The second kappa shape index (κ2) is 8.87. The quantitative estimate of drug-likeness (QED) is 0.284. The predicted molar refractivity (Wildman–Crippen MR) is 126 cm³/mol. The summed E-state index contributed by atoms with van der Waals surface area (Å²) in [7, 11) is -1.37. The van der Waals surface area contributed by atoms with E-state index >= 15 is 0 Å². The molecule has 1 heterocycles. The topological polar surface area (TPSA) is 82.6 Å². The van der Waals surface area contributed by atoms with Crippen molar-refractivity contribution in [3.63, 3.8) is 0 Å². The number of fused-ring (bicyclic) bond motifs is 1. The monoisotopic (exact) mass is 479 g/mol. The van der Waals surface area contributed by atoms with E-state index in [0.717, 1.165) is 23.3 Å². The largest absolute Gasteiger partial charge is 0.493 e. The fourth-order valence-corrected chi connectivity index (χ4v) is 5.33. The van der Waals surface area contributed by atoms with Crippen molar-refractivity contribution in [3.8, 4) is 11.5 Å². The van der Waals surface area contributed by atoms with Crippen LogP contribution >= 0.6 is 0 Å². The average molecular weight is 480 g/mol. The van der Waals surface area contributed by atoms with Crippen LogP contribution in [-0.2, 0) is 9.84 Å². The number of hydrogen-bond donors (Lipinski definition) is 0. The van der Waals surface area contributed by atoms with Crippen molar-refractivity contribution in [2.24, 2.45) is 0 Å². The number of nitrogens with zero attached hydrogens (tertiary/aromatic N) is 1. The van der Waals surface area contributed by atoms with Crippen LogP contribution in [0.5, 0.6) is 11.5 Å². The second-order valence-corrected chi connectivity index (χ2v) is 9.70. The maximum atomic E-state index is 13.8. The normalized spacial score (nSPS) is 11.4. The van der Waals surface area contributed by atoms with Crippen LogP contribution in [-0.4, -0.2) is 33.4 Å². The molecule has 174 valence electrons. The van der Waals surface area contributed by atoms with Gasteiger partial charge in [0.25, 0.3) is 0 Å². The number of sulfone groups is 1. The fourth-order valence-electron chi connectivity index (χ4n) is 3.72. The molecular weight excluding hydrogens is 457 g/mol. The molecule has 0 fully saturated rings. The van der Waals surface area contributed by atoms with Crippen LogP contribution in [0.4, 0.5) is 4.39 Å². The molecule has 4 aromatic rings. The smallest absolute Gasteiger partial charge is 0.208 e. The third-order valence-electron chi connectivity index (χ3n) is 5.73. The molecule has 1 aromatic heterocycles. The Morgan fingerprint density at radius 2 is 1.53 bits per heavy atom. The fraction of sp³-hybridized carbons (Fsp3) is 0.154.